The maximum Gasteiger partial charge on any atom is 0.124 e. The summed E-state index contributed by atoms with van der Waals surface area (Å²) in [5.41, 5.74) is 7.49. The first-order valence-electron chi connectivity index (χ1n) is 6.38. The van der Waals surface area contributed by atoms with Crippen LogP contribution in [0.2, 0.25) is 0 Å². The average molecular weight is 272 g/mol. The van der Waals surface area contributed by atoms with Crippen molar-refractivity contribution in [3.05, 3.63) is 29.8 Å². The summed E-state index contributed by atoms with van der Waals surface area (Å²) in [6.45, 7) is 4.33. The van der Waals surface area contributed by atoms with Crippen LogP contribution in [0.5, 0.6) is 5.75 Å². The van der Waals surface area contributed by atoms with Crippen molar-refractivity contribution < 1.29 is 9.47 Å². The molecule has 1 atom stereocenters. The van der Waals surface area contributed by atoms with Crippen LogP contribution < -0.4 is 10.5 Å². The van der Waals surface area contributed by atoms with Crippen LogP contribution in [0.4, 0.5) is 0 Å². The fraction of sp³-hybridized carbons (Fsp3) is 0.571. The Morgan fingerprint density at radius 3 is 2.67 bits per heavy atom. The van der Waals surface area contributed by atoms with E-state index in [1.807, 2.05) is 25.1 Å². The molecule has 1 saturated heterocycles. The number of nitrogens with two attached hydrogens (primary N) is 1. The minimum atomic E-state index is 0. The van der Waals surface area contributed by atoms with Gasteiger partial charge in [-0.3, -0.25) is 0 Å². The van der Waals surface area contributed by atoms with Crippen LogP contribution in [0.15, 0.2) is 24.3 Å². The molecule has 0 bridgehead atoms. The van der Waals surface area contributed by atoms with E-state index in [1.165, 1.54) is 0 Å². The molecule has 0 amide bonds. The molecule has 1 aromatic rings. The summed E-state index contributed by atoms with van der Waals surface area (Å²) in [5, 5.41) is 0. The van der Waals surface area contributed by atoms with Crippen LogP contribution in [0, 0.1) is 5.92 Å². The molecule has 0 aromatic heterocycles. The molecule has 18 heavy (non-hydrogen) atoms. The van der Waals surface area contributed by atoms with Gasteiger partial charge < -0.3 is 15.2 Å². The smallest absolute Gasteiger partial charge is 0.124 e. The van der Waals surface area contributed by atoms with Gasteiger partial charge in [0.05, 0.1) is 6.61 Å². The van der Waals surface area contributed by atoms with E-state index in [9.17, 15) is 0 Å². The summed E-state index contributed by atoms with van der Waals surface area (Å²) in [6, 6.07) is 8.15. The van der Waals surface area contributed by atoms with E-state index in [0.29, 0.717) is 12.5 Å². The lowest BCUT2D eigenvalue weighted by Gasteiger charge is -2.28. The van der Waals surface area contributed by atoms with Gasteiger partial charge in [-0.15, -0.1) is 12.4 Å². The highest BCUT2D eigenvalue weighted by Gasteiger charge is 2.24. The van der Waals surface area contributed by atoms with Crippen molar-refractivity contribution in [2.24, 2.45) is 11.7 Å². The van der Waals surface area contributed by atoms with Gasteiger partial charge in [0.25, 0.3) is 0 Å². The molecular weight excluding hydrogens is 250 g/mol. The van der Waals surface area contributed by atoms with Gasteiger partial charge in [0.2, 0.25) is 0 Å². The first kappa shape index (κ1) is 15.3. The Balaban J connectivity index is 0.00000162. The topological polar surface area (TPSA) is 44.5 Å². The van der Waals surface area contributed by atoms with Crippen LogP contribution in [0.25, 0.3) is 0 Å². The second kappa shape index (κ2) is 7.62. The Morgan fingerprint density at radius 2 is 2.00 bits per heavy atom. The third kappa shape index (κ3) is 3.61. The van der Waals surface area contributed by atoms with E-state index in [2.05, 4.69) is 6.07 Å². The Kier molecular flexibility index (Phi) is 6.47. The zero-order valence-electron chi connectivity index (χ0n) is 10.8. The van der Waals surface area contributed by atoms with Gasteiger partial charge in [-0.05, 0) is 31.7 Å². The molecule has 0 radical (unpaired) electrons. The predicted molar refractivity (Wildman–Crippen MR) is 75.3 cm³/mol. The zero-order chi connectivity index (χ0) is 12.1. The van der Waals surface area contributed by atoms with Crippen LogP contribution >= 0.6 is 12.4 Å². The summed E-state index contributed by atoms with van der Waals surface area (Å²) >= 11 is 0. The Hall–Kier alpha value is -0.770. The third-order valence-electron chi connectivity index (χ3n) is 3.35. The molecule has 2 rings (SSSR count). The van der Waals surface area contributed by atoms with Gasteiger partial charge in [0, 0.05) is 24.8 Å². The van der Waals surface area contributed by atoms with Crippen LogP contribution in [-0.4, -0.2) is 19.8 Å². The van der Waals surface area contributed by atoms with Crippen molar-refractivity contribution in [3.8, 4) is 5.75 Å². The Bertz CT molecular complexity index is 353. The second-order valence-electron chi connectivity index (χ2n) is 4.45. The molecule has 0 aliphatic carbocycles. The molecule has 1 fully saturated rings. The maximum atomic E-state index is 6.37. The SMILES string of the molecule is CCOc1ccccc1[C@H](N)C1CCOCC1.Cl. The van der Waals surface area contributed by atoms with Crippen molar-refractivity contribution in [2.45, 2.75) is 25.8 Å². The molecule has 4 heteroatoms. The molecule has 1 aliphatic heterocycles. The van der Waals surface area contributed by atoms with Crippen LogP contribution in [-0.2, 0) is 4.74 Å². The number of benzene rings is 1. The first-order valence-corrected chi connectivity index (χ1v) is 6.38. The van der Waals surface area contributed by atoms with Gasteiger partial charge in [-0.25, -0.2) is 0 Å². The molecule has 1 heterocycles. The van der Waals surface area contributed by atoms with Gasteiger partial charge in [0.15, 0.2) is 0 Å². The van der Waals surface area contributed by atoms with Gasteiger partial charge in [0.1, 0.15) is 5.75 Å². The van der Waals surface area contributed by atoms with E-state index < -0.39 is 0 Å². The molecule has 1 aliphatic rings. The summed E-state index contributed by atoms with van der Waals surface area (Å²) in [4.78, 5) is 0. The number of hydrogen-bond acceptors (Lipinski definition) is 3. The molecule has 102 valence electrons. The number of hydrogen-bond donors (Lipinski definition) is 1. The second-order valence-corrected chi connectivity index (χ2v) is 4.45. The van der Waals surface area contributed by atoms with Crippen molar-refractivity contribution in [1.29, 1.82) is 0 Å². The molecular formula is C14H22ClNO2. The normalized spacial score (nSPS) is 17.9. The highest BCUT2D eigenvalue weighted by molar-refractivity contribution is 5.85. The lowest BCUT2D eigenvalue weighted by molar-refractivity contribution is 0.0580. The van der Waals surface area contributed by atoms with Crippen molar-refractivity contribution in [1.82, 2.24) is 0 Å². The van der Waals surface area contributed by atoms with Gasteiger partial charge >= 0.3 is 0 Å². The van der Waals surface area contributed by atoms with Gasteiger partial charge in [-0.2, -0.15) is 0 Å². The zero-order valence-corrected chi connectivity index (χ0v) is 11.6. The Labute approximate surface area is 115 Å². The summed E-state index contributed by atoms with van der Waals surface area (Å²) in [5.74, 6) is 1.43. The fourth-order valence-electron chi connectivity index (χ4n) is 2.37. The van der Waals surface area contributed by atoms with E-state index >= 15 is 0 Å². The average Bonchev–Trinajstić information content (AvgIpc) is 2.40. The third-order valence-corrected chi connectivity index (χ3v) is 3.35. The maximum absolute atomic E-state index is 6.37. The van der Waals surface area contributed by atoms with Crippen molar-refractivity contribution in [3.63, 3.8) is 0 Å². The number of rotatable bonds is 4. The van der Waals surface area contributed by atoms with E-state index in [0.717, 1.165) is 37.4 Å². The lowest BCUT2D eigenvalue weighted by Crippen LogP contribution is -2.27. The number of ether oxygens (including phenoxy) is 2. The number of halogens is 1. The monoisotopic (exact) mass is 271 g/mol. The molecule has 0 spiro atoms. The highest BCUT2D eigenvalue weighted by atomic mass is 35.5. The Morgan fingerprint density at radius 1 is 1.33 bits per heavy atom. The van der Waals surface area contributed by atoms with E-state index in [4.69, 9.17) is 15.2 Å². The minimum absolute atomic E-state index is 0. The minimum Gasteiger partial charge on any atom is -0.494 e. The van der Waals surface area contributed by atoms with E-state index in [-0.39, 0.29) is 18.4 Å². The number of para-hydroxylation sites is 1. The first-order chi connectivity index (χ1) is 8.33. The lowest BCUT2D eigenvalue weighted by atomic mass is 9.87. The van der Waals surface area contributed by atoms with Crippen LogP contribution in [0.1, 0.15) is 31.4 Å². The molecule has 2 N–H and O–H groups in total. The molecule has 3 nitrogen and oxygen atoms in total. The van der Waals surface area contributed by atoms with E-state index in [1.54, 1.807) is 0 Å². The highest BCUT2D eigenvalue weighted by Crippen LogP contribution is 2.33. The predicted octanol–water partition coefficient (Wildman–Crippen LogP) is 2.93. The van der Waals surface area contributed by atoms with Crippen molar-refractivity contribution >= 4 is 12.4 Å². The van der Waals surface area contributed by atoms with Gasteiger partial charge in [-0.1, -0.05) is 18.2 Å². The quantitative estimate of drug-likeness (QED) is 0.916. The standard InChI is InChI=1S/C14H21NO2.ClH/c1-2-17-13-6-4-3-5-12(13)14(15)11-7-9-16-10-8-11;/h3-6,11,14H,2,7-10,15H2,1H3;1H/t14-;/m1./s1. The fourth-order valence-corrected chi connectivity index (χ4v) is 2.37. The largest absolute Gasteiger partial charge is 0.494 e. The molecule has 0 saturated carbocycles. The molecule has 1 aromatic carbocycles. The summed E-state index contributed by atoms with van der Waals surface area (Å²) < 4.78 is 11.0. The summed E-state index contributed by atoms with van der Waals surface area (Å²) in [7, 11) is 0. The molecule has 0 unspecified atom stereocenters. The van der Waals surface area contributed by atoms with Crippen LogP contribution in [0.3, 0.4) is 0 Å². The van der Waals surface area contributed by atoms with Crippen molar-refractivity contribution in [2.75, 3.05) is 19.8 Å². The summed E-state index contributed by atoms with van der Waals surface area (Å²) in [6.07, 6.45) is 2.09.